The Balaban J connectivity index is 2.12. The van der Waals surface area contributed by atoms with Gasteiger partial charge in [0, 0.05) is 39.2 Å². The largest absolute Gasteiger partial charge is 0.371 e. The highest BCUT2D eigenvalue weighted by atomic mass is 19.1. The quantitative estimate of drug-likeness (QED) is 0.880. The minimum Gasteiger partial charge on any atom is -0.371 e. The van der Waals surface area contributed by atoms with Crippen LogP contribution in [0.2, 0.25) is 0 Å². The van der Waals surface area contributed by atoms with Gasteiger partial charge in [-0.15, -0.1) is 0 Å². The summed E-state index contributed by atoms with van der Waals surface area (Å²) in [7, 11) is 3.14. The van der Waals surface area contributed by atoms with Gasteiger partial charge in [-0.25, -0.2) is 13.8 Å². The Bertz CT molecular complexity index is 501. The van der Waals surface area contributed by atoms with Crippen LogP contribution in [0, 0.1) is 17.6 Å². The van der Waals surface area contributed by atoms with Crippen LogP contribution < -0.4 is 15.5 Å². The second-order valence-corrected chi connectivity index (χ2v) is 4.75. The number of rotatable bonds is 3. The molecular weight excluding hydrogens is 266 g/mol. The molecule has 1 aliphatic heterocycles. The highest BCUT2D eigenvalue weighted by Gasteiger charge is 2.26. The number of piperidine rings is 1. The third kappa shape index (κ3) is 2.81. The van der Waals surface area contributed by atoms with Crippen molar-refractivity contribution in [3.63, 3.8) is 0 Å². The summed E-state index contributed by atoms with van der Waals surface area (Å²) in [5.41, 5.74) is 0. The van der Waals surface area contributed by atoms with E-state index < -0.39 is 11.6 Å². The molecule has 110 valence electrons. The molecule has 20 heavy (non-hydrogen) atoms. The van der Waals surface area contributed by atoms with Crippen molar-refractivity contribution < 1.29 is 13.6 Å². The number of halogens is 2. The first-order valence-corrected chi connectivity index (χ1v) is 6.57. The monoisotopic (exact) mass is 284 g/mol. The van der Waals surface area contributed by atoms with Crippen LogP contribution >= 0.6 is 0 Å². The second-order valence-electron chi connectivity index (χ2n) is 4.75. The summed E-state index contributed by atoms with van der Waals surface area (Å²) in [6, 6.07) is 0.832. The zero-order valence-electron chi connectivity index (χ0n) is 11.5. The Kier molecular flexibility index (Phi) is 4.36. The summed E-state index contributed by atoms with van der Waals surface area (Å²) in [4.78, 5) is 17.3. The molecule has 2 N–H and O–H groups in total. The maximum absolute atomic E-state index is 13.8. The van der Waals surface area contributed by atoms with E-state index in [0.29, 0.717) is 25.9 Å². The highest BCUT2D eigenvalue weighted by Crippen LogP contribution is 2.26. The van der Waals surface area contributed by atoms with E-state index in [1.165, 1.54) is 7.05 Å². The van der Waals surface area contributed by atoms with Gasteiger partial charge in [-0.2, -0.15) is 0 Å². The lowest BCUT2D eigenvalue weighted by atomic mass is 9.96. The van der Waals surface area contributed by atoms with E-state index in [1.807, 2.05) is 0 Å². The summed E-state index contributed by atoms with van der Waals surface area (Å²) < 4.78 is 27.2. The zero-order chi connectivity index (χ0) is 14.7. The number of pyridine rings is 1. The number of anilines is 2. The molecule has 2 heterocycles. The molecular formula is C13H18F2N4O. The van der Waals surface area contributed by atoms with Crippen LogP contribution in [0.3, 0.4) is 0 Å². The lowest BCUT2D eigenvalue weighted by Gasteiger charge is -2.32. The normalized spacial score (nSPS) is 16.1. The summed E-state index contributed by atoms with van der Waals surface area (Å²) in [5.74, 6) is -1.29. The minimum absolute atomic E-state index is 0.00750. The molecule has 1 saturated heterocycles. The van der Waals surface area contributed by atoms with Crippen molar-refractivity contribution in [2.75, 3.05) is 37.4 Å². The van der Waals surface area contributed by atoms with Gasteiger partial charge in [0.1, 0.15) is 0 Å². The van der Waals surface area contributed by atoms with Crippen molar-refractivity contribution in [3.05, 3.63) is 17.7 Å². The van der Waals surface area contributed by atoms with Crippen molar-refractivity contribution in [2.24, 2.45) is 5.92 Å². The Labute approximate surface area is 116 Å². The number of aromatic nitrogens is 1. The second kappa shape index (κ2) is 6.02. The molecule has 0 unspecified atom stereocenters. The maximum Gasteiger partial charge on any atom is 0.222 e. The van der Waals surface area contributed by atoms with E-state index in [4.69, 9.17) is 0 Å². The molecule has 0 radical (unpaired) electrons. The molecule has 0 saturated carbocycles. The van der Waals surface area contributed by atoms with Gasteiger partial charge < -0.3 is 15.5 Å². The first-order chi connectivity index (χ1) is 9.56. The van der Waals surface area contributed by atoms with Crippen molar-refractivity contribution in [3.8, 4) is 0 Å². The third-order valence-electron chi connectivity index (χ3n) is 3.56. The van der Waals surface area contributed by atoms with E-state index in [9.17, 15) is 13.6 Å². The molecule has 1 aromatic rings. The molecule has 0 aliphatic carbocycles. The summed E-state index contributed by atoms with van der Waals surface area (Å²) in [6.45, 7) is 1.05. The van der Waals surface area contributed by atoms with Crippen molar-refractivity contribution in [2.45, 2.75) is 12.8 Å². The summed E-state index contributed by atoms with van der Waals surface area (Å²) in [5, 5.41) is 5.21. The molecule has 1 amide bonds. The van der Waals surface area contributed by atoms with Crippen LogP contribution in [0.25, 0.3) is 0 Å². The van der Waals surface area contributed by atoms with Gasteiger partial charge in [-0.05, 0) is 12.8 Å². The Hall–Kier alpha value is -1.92. The third-order valence-corrected chi connectivity index (χ3v) is 3.56. The van der Waals surface area contributed by atoms with Gasteiger partial charge in [-0.3, -0.25) is 4.79 Å². The van der Waals surface area contributed by atoms with Gasteiger partial charge in [0.25, 0.3) is 0 Å². The van der Waals surface area contributed by atoms with E-state index in [1.54, 1.807) is 11.9 Å². The van der Waals surface area contributed by atoms with Gasteiger partial charge in [0.2, 0.25) is 5.91 Å². The lowest BCUT2D eigenvalue weighted by Crippen LogP contribution is -2.40. The first-order valence-electron chi connectivity index (χ1n) is 6.57. The average molecular weight is 284 g/mol. The molecule has 7 heteroatoms. The molecule has 1 aromatic heterocycles. The predicted molar refractivity (Wildman–Crippen MR) is 72.7 cm³/mol. The number of hydrogen-bond donors (Lipinski definition) is 2. The van der Waals surface area contributed by atoms with E-state index in [-0.39, 0.29) is 23.5 Å². The van der Waals surface area contributed by atoms with Gasteiger partial charge in [-0.1, -0.05) is 0 Å². The topological polar surface area (TPSA) is 57.3 Å². The van der Waals surface area contributed by atoms with Crippen LogP contribution in [-0.4, -0.2) is 38.1 Å². The van der Waals surface area contributed by atoms with Crippen LogP contribution in [0.15, 0.2) is 6.07 Å². The van der Waals surface area contributed by atoms with Crippen LogP contribution in [0.4, 0.5) is 20.4 Å². The van der Waals surface area contributed by atoms with Crippen molar-refractivity contribution in [1.29, 1.82) is 0 Å². The van der Waals surface area contributed by atoms with E-state index >= 15 is 0 Å². The average Bonchev–Trinajstić information content (AvgIpc) is 2.47. The van der Waals surface area contributed by atoms with Gasteiger partial charge >= 0.3 is 0 Å². The first kappa shape index (κ1) is 14.5. The fraction of sp³-hybridized carbons (Fsp3) is 0.538. The molecule has 2 rings (SSSR count). The maximum atomic E-state index is 13.8. The van der Waals surface area contributed by atoms with E-state index in [2.05, 4.69) is 15.6 Å². The molecule has 0 atom stereocenters. The molecule has 0 spiro atoms. The Morgan fingerprint density at radius 2 is 1.95 bits per heavy atom. The number of nitrogens with one attached hydrogen (secondary N) is 2. The van der Waals surface area contributed by atoms with Crippen LogP contribution in [0.1, 0.15) is 12.8 Å². The molecule has 5 nitrogen and oxygen atoms in total. The molecule has 0 aromatic carbocycles. The molecule has 0 bridgehead atoms. The minimum atomic E-state index is -0.714. The fourth-order valence-electron chi connectivity index (χ4n) is 2.41. The summed E-state index contributed by atoms with van der Waals surface area (Å²) in [6.07, 6.45) is 1.26. The van der Waals surface area contributed by atoms with Crippen LogP contribution in [-0.2, 0) is 4.79 Å². The zero-order valence-corrected chi connectivity index (χ0v) is 11.5. The predicted octanol–water partition coefficient (Wildman–Crippen LogP) is 1.36. The highest BCUT2D eigenvalue weighted by molar-refractivity contribution is 5.78. The summed E-state index contributed by atoms with van der Waals surface area (Å²) >= 11 is 0. The smallest absolute Gasteiger partial charge is 0.222 e. The van der Waals surface area contributed by atoms with Crippen LogP contribution in [0.5, 0.6) is 0 Å². The van der Waals surface area contributed by atoms with Crippen molar-refractivity contribution >= 4 is 17.5 Å². The lowest BCUT2D eigenvalue weighted by molar-refractivity contribution is -0.125. The number of amides is 1. The fourth-order valence-corrected chi connectivity index (χ4v) is 2.41. The molecule has 1 aliphatic rings. The number of hydrogen-bond acceptors (Lipinski definition) is 4. The standard InChI is InChI=1S/C13H18F2N4O/c1-16-11-9(14)7-10(15)12(18-11)19-5-3-8(4-6-19)13(20)17-2/h7-8H,3-6H2,1-2H3,(H,16,18)(H,17,20). The SMILES string of the molecule is CNC(=O)C1CCN(c2nc(NC)c(F)cc2F)CC1. The number of carbonyl (C=O) groups excluding carboxylic acids is 1. The Morgan fingerprint density at radius 1 is 1.30 bits per heavy atom. The van der Waals surface area contributed by atoms with Gasteiger partial charge in [0.05, 0.1) is 0 Å². The molecule has 1 fully saturated rings. The number of nitrogens with zero attached hydrogens (tertiary/aromatic N) is 2. The van der Waals surface area contributed by atoms with Crippen molar-refractivity contribution in [1.82, 2.24) is 10.3 Å². The van der Waals surface area contributed by atoms with E-state index in [0.717, 1.165) is 6.07 Å². The number of carbonyl (C=O) groups is 1. The Morgan fingerprint density at radius 3 is 2.50 bits per heavy atom. The van der Waals surface area contributed by atoms with Gasteiger partial charge in [0.15, 0.2) is 23.3 Å².